The van der Waals surface area contributed by atoms with Crippen LogP contribution in [-0.4, -0.2) is 57.3 Å². The minimum absolute atomic E-state index is 0.0497. The van der Waals surface area contributed by atoms with E-state index >= 15 is 0 Å². The number of thiazole rings is 1. The molecule has 1 N–H and O–H groups in total. The summed E-state index contributed by atoms with van der Waals surface area (Å²) >= 11 is 1.23. The van der Waals surface area contributed by atoms with Crippen molar-refractivity contribution in [1.29, 1.82) is 0 Å². The van der Waals surface area contributed by atoms with Crippen LogP contribution < -0.4 is 5.32 Å². The first-order chi connectivity index (χ1) is 13.6. The lowest BCUT2D eigenvalue weighted by Crippen LogP contribution is -2.43. The monoisotopic (exact) mass is 403 g/mol. The van der Waals surface area contributed by atoms with Crippen LogP contribution in [-0.2, 0) is 20.7 Å². The highest BCUT2D eigenvalue weighted by molar-refractivity contribution is 7.14. The highest BCUT2D eigenvalue weighted by atomic mass is 32.1. The van der Waals surface area contributed by atoms with Gasteiger partial charge in [-0.25, -0.2) is 15.0 Å². The Bertz CT molecular complexity index is 842. The number of anilines is 1. The van der Waals surface area contributed by atoms with Gasteiger partial charge >= 0.3 is 5.97 Å². The van der Waals surface area contributed by atoms with E-state index in [0.717, 1.165) is 12.8 Å². The van der Waals surface area contributed by atoms with E-state index in [9.17, 15) is 14.4 Å². The number of carbonyl (C=O) groups excluding carboxylic acids is 3. The highest BCUT2D eigenvalue weighted by Crippen LogP contribution is 2.21. The summed E-state index contributed by atoms with van der Waals surface area (Å²) in [6, 6.07) is 1.62. The second kappa shape index (κ2) is 9.36. The number of nitrogens with one attached hydrogen (secondary N) is 1. The molecule has 28 heavy (non-hydrogen) atoms. The van der Waals surface area contributed by atoms with Gasteiger partial charge in [0, 0.05) is 30.9 Å². The lowest BCUT2D eigenvalue weighted by atomic mass is 9.98. The number of carbonyl (C=O) groups is 3. The van der Waals surface area contributed by atoms with E-state index in [-0.39, 0.29) is 30.0 Å². The number of ether oxygens (including phenoxy) is 1. The molecule has 1 fully saturated rings. The molecule has 2 aromatic heterocycles. The molecule has 1 unspecified atom stereocenters. The van der Waals surface area contributed by atoms with Crippen molar-refractivity contribution in [2.24, 2.45) is 5.92 Å². The van der Waals surface area contributed by atoms with Crippen LogP contribution in [0.25, 0.3) is 0 Å². The smallest absolute Gasteiger partial charge is 0.310 e. The van der Waals surface area contributed by atoms with Gasteiger partial charge in [-0.1, -0.05) is 0 Å². The molecule has 2 aromatic rings. The number of hydrogen-bond donors (Lipinski definition) is 1. The first-order valence-corrected chi connectivity index (χ1v) is 9.92. The third-order valence-electron chi connectivity index (χ3n) is 4.27. The molecule has 1 aliphatic rings. The average Bonchev–Trinajstić information content (AvgIpc) is 3.15. The fourth-order valence-corrected chi connectivity index (χ4v) is 3.64. The molecule has 0 bridgehead atoms. The quantitative estimate of drug-likeness (QED) is 0.728. The van der Waals surface area contributed by atoms with Crippen molar-refractivity contribution in [2.75, 3.05) is 25.0 Å². The molecule has 0 aliphatic carbocycles. The van der Waals surface area contributed by atoms with Crippen LogP contribution in [0.1, 0.15) is 36.1 Å². The molecule has 0 saturated carbocycles. The maximum Gasteiger partial charge on any atom is 0.310 e. The van der Waals surface area contributed by atoms with Gasteiger partial charge in [0.25, 0.3) is 5.91 Å². The Labute approximate surface area is 166 Å². The van der Waals surface area contributed by atoms with Crippen molar-refractivity contribution in [2.45, 2.75) is 26.2 Å². The van der Waals surface area contributed by atoms with Crippen LogP contribution in [0.5, 0.6) is 0 Å². The summed E-state index contributed by atoms with van der Waals surface area (Å²) in [6.45, 7) is 3.10. The summed E-state index contributed by atoms with van der Waals surface area (Å²) in [4.78, 5) is 50.3. The predicted molar refractivity (Wildman–Crippen MR) is 102 cm³/mol. The summed E-state index contributed by atoms with van der Waals surface area (Å²) in [7, 11) is 0. The number of rotatable bonds is 6. The third kappa shape index (κ3) is 5.10. The molecule has 1 saturated heterocycles. The van der Waals surface area contributed by atoms with Crippen LogP contribution in [0.2, 0.25) is 0 Å². The molecular formula is C18H21N5O4S. The molecular weight excluding hydrogens is 382 g/mol. The number of amides is 2. The SMILES string of the molecule is CCOC(=O)C1CCCN(C(=O)Cc2csc(NC(=O)c3ncccn3)n2)C1. The lowest BCUT2D eigenvalue weighted by molar-refractivity contribution is -0.151. The number of piperidine rings is 1. The van der Waals surface area contributed by atoms with Gasteiger partial charge in [0.15, 0.2) is 5.13 Å². The van der Waals surface area contributed by atoms with Gasteiger partial charge in [-0.3, -0.25) is 19.7 Å². The van der Waals surface area contributed by atoms with Gasteiger partial charge in [0.05, 0.1) is 24.6 Å². The standard InChI is InChI=1S/C18H21N5O4S/c1-2-27-17(26)12-5-3-8-23(10-12)14(24)9-13-11-28-18(21-13)22-16(25)15-19-6-4-7-20-15/h4,6-7,11-12H,2-3,5,8-10H2,1H3,(H,21,22,25). The first kappa shape index (κ1) is 19.9. The first-order valence-electron chi connectivity index (χ1n) is 9.04. The van der Waals surface area contributed by atoms with E-state index < -0.39 is 5.91 Å². The van der Waals surface area contributed by atoms with Crippen LogP contribution in [0.3, 0.4) is 0 Å². The summed E-state index contributed by atoms with van der Waals surface area (Å²) in [5, 5.41) is 4.73. The van der Waals surface area contributed by atoms with Gasteiger partial charge in [0.1, 0.15) is 0 Å². The minimum Gasteiger partial charge on any atom is -0.466 e. The summed E-state index contributed by atoms with van der Waals surface area (Å²) in [5.41, 5.74) is 0.567. The minimum atomic E-state index is -0.457. The predicted octanol–water partition coefficient (Wildman–Crippen LogP) is 1.53. The van der Waals surface area contributed by atoms with Crippen molar-refractivity contribution >= 4 is 34.3 Å². The van der Waals surface area contributed by atoms with Gasteiger partial charge in [-0.2, -0.15) is 0 Å². The van der Waals surface area contributed by atoms with Crippen LogP contribution in [0.4, 0.5) is 5.13 Å². The Balaban J connectivity index is 1.55. The Hall–Kier alpha value is -2.88. The molecule has 1 atom stereocenters. The molecule has 9 nitrogen and oxygen atoms in total. The topological polar surface area (TPSA) is 114 Å². The summed E-state index contributed by atoms with van der Waals surface area (Å²) in [5.74, 6) is -1.02. The highest BCUT2D eigenvalue weighted by Gasteiger charge is 2.29. The van der Waals surface area contributed by atoms with E-state index in [1.807, 2.05) is 0 Å². The van der Waals surface area contributed by atoms with Gasteiger partial charge < -0.3 is 9.64 Å². The zero-order valence-electron chi connectivity index (χ0n) is 15.5. The Kier molecular flexibility index (Phi) is 6.64. The normalized spacial score (nSPS) is 16.5. The summed E-state index contributed by atoms with van der Waals surface area (Å²) < 4.78 is 5.07. The maximum atomic E-state index is 12.6. The second-order valence-electron chi connectivity index (χ2n) is 6.28. The van der Waals surface area contributed by atoms with Gasteiger partial charge in [-0.15, -0.1) is 11.3 Å². The average molecular weight is 403 g/mol. The van der Waals surface area contributed by atoms with E-state index in [4.69, 9.17) is 4.74 Å². The molecule has 3 heterocycles. The molecule has 10 heteroatoms. The van der Waals surface area contributed by atoms with E-state index in [2.05, 4.69) is 20.3 Å². The second-order valence-corrected chi connectivity index (χ2v) is 7.14. The molecule has 2 amide bonds. The lowest BCUT2D eigenvalue weighted by Gasteiger charge is -2.31. The van der Waals surface area contributed by atoms with Crippen LogP contribution in [0.15, 0.2) is 23.8 Å². The van der Waals surface area contributed by atoms with Crippen molar-refractivity contribution < 1.29 is 19.1 Å². The zero-order chi connectivity index (χ0) is 19.9. The van der Waals surface area contributed by atoms with Crippen molar-refractivity contribution in [3.05, 3.63) is 35.4 Å². The largest absolute Gasteiger partial charge is 0.466 e. The Morgan fingerprint density at radius 3 is 2.86 bits per heavy atom. The van der Waals surface area contributed by atoms with Crippen molar-refractivity contribution in [1.82, 2.24) is 19.9 Å². The number of nitrogens with zero attached hydrogens (tertiary/aromatic N) is 4. The number of hydrogen-bond acceptors (Lipinski definition) is 8. The Morgan fingerprint density at radius 1 is 1.32 bits per heavy atom. The third-order valence-corrected chi connectivity index (χ3v) is 5.07. The summed E-state index contributed by atoms with van der Waals surface area (Å²) in [6.07, 6.45) is 4.58. The molecule has 0 radical (unpaired) electrons. The van der Waals surface area contributed by atoms with Crippen molar-refractivity contribution in [3.63, 3.8) is 0 Å². The van der Waals surface area contributed by atoms with Crippen LogP contribution in [0, 0.1) is 5.92 Å². The molecule has 1 aliphatic heterocycles. The fraction of sp³-hybridized carbons (Fsp3) is 0.444. The number of esters is 1. The van der Waals surface area contributed by atoms with Gasteiger partial charge in [-0.05, 0) is 25.8 Å². The Morgan fingerprint density at radius 2 is 2.11 bits per heavy atom. The van der Waals surface area contributed by atoms with E-state index in [0.29, 0.717) is 30.5 Å². The number of likely N-dealkylation sites (tertiary alicyclic amines) is 1. The molecule has 148 valence electrons. The van der Waals surface area contributed by atoms with Crippen molar-refractivity contribution in [3.8, 4) is 0 Å². The zero-order valence-corrected chi connectivity index (χ0v) is 16.3. The fourth-order valence-electron chi connectivity index (χ4n) is 2.94. The molecule has 0 spiro atoms. The van der Waals surface area contributed by atoms with E-state index in [1.165, 1.54) is 23.7 Å². The van der Waals surface area contributed by atoms with Gasteiger partial charge in [0.2, 0.25) is 11.7 Å². The molecule has 0 aromatic carbocycles. The maximum absolute atomic E-state index is 12.6. The van der Waals surface area contributed by atoms with E-state index in [1.54, 1.807) is 23.3 Å². The number of aromatic nitrogens is 3. The molecule has 3 rings (SSSR count). The van der Waals surface area contributed by atoms with Crippen LogP contribution >= 0.6 is 11.3 Å².